The molecule has 2 unspecified atom stereocenters. The largest absolute Gasteiger partial charge is 0.313 e. The first kappa shape index (κ1) is 9.97. The second kappa shape index (κ2) is 3.67. The normalized spacial score (nSPS) is 28.4. The summed E-state index contributed by atoms with van der Waals surface area (Å²) >= 11 is 0. The number of Topliss-reactive ketones (excluding diaryl/α,β-unsaturated/α-hetero) is 1. The lowest BCUT2D eigenvalue weighted by atomic mass is 9.94. The van der Waals surface area contributed by atoms with Crippen molar-refractivity contribution in [3.63, 3.8) is 0 Å². The number of hydrogen-bond acceptors (Lipinski definition) is 2. The van der Waals surface area contributed by atoms with E-state index in [0.717, 1.165) is 19.4 Å². The molecule has 0 aromatic heterocycles. The average molecular weight is 219 g/mol. The van der Waals surface area contributed by atoms with Crippen LogP contribution in [0.15, 0.2) is 18.2 Å². The van der Waals surface area contributed by atoms with Crippen LogP contribution in [0, 0.1) is 11.7 Å². The number of hydrogen-bond donors (Lipinski definition) is 1. The summed E-state index contributed by atoms with van der Waals surface area (Å²) in [7, 11) is 0. The first-order valence-electron chi connectivity index (χ1n) is 5.82. The van der Waals surface area contributed by atoms with Gasteiger partial charge in [-0.3, -0.25) is 4.79 Å². The highest BCUT2D eigenvalue weighted by Gasteiger charge is 2.38. The maximum Gasteiger partial charge on any atom is 0.168 e. The second-order valence-corrected chi connectivity index (χ2v) is 4.64. The van der Waals surface area contributed by atoms with Crippen molar-refractivity contribution in [2.24, 2.45) is 5.92 Å². The van der Waals surface area contributed by atoms with Gasteiger partial charge in [0.1, 0.15) is 5.82 Å². The predicted molar refractivity (Wildman–Crippen MR) is 58.9 cm³/mol. The van der Waals surface area contributed by atoms with Crippen molar-refractivity contribution >= 4 is 5.78 Å². The molecule has 16 heavy (non-hydrogen) atoms. The molecule has 0 saturated carbocycles. The third kappa shape index (κ3) is 1.39. The number of fused-ring (bicyclic) bond motifs is 1. The van der Waals surface area contributed by atoms with E-state index in [4.69, 9.17) is 0 Å². The summed E-state index contributed by atoms with van der Waals surface area (Å²) in [5, 5.41) is 3.34. The van der Waals surface area contributed by atoms with E-state index in [-0.39, 0.29) is 23.6 Å². The van der Waals surface area contributed by atoms with Gasteiger partial charge in [0.2, 0.25) is 0 Å². The summed E-state index contributed by atoms with van der Waals surface area (Å²) < 4.78 is 13.6. The van der Waals surface area contributed by atoms with Crippen LogP contribution in [-0.4, -0.2) is 18.4 Å². The number of nitrogens with one attached hydrogen (secondary N) is 1. The summed E-state index contributed by atoms with van der Waals surface area (Å²) in [6, 6.07) is 5.06. The Bertz CT molecular complexity index is 438. The van der Waals surface area contributed by atoms with Gasteiger partial charge in [-0.15, -0.1) is 0 Å². The molecule has 0 radical (unpaired) electrons. The van der Waals surface area contributed by atoms with Gasteiger partial charge >= 0.3 is 0 Å². The van der Waals surface area contributed by atoms with E-state index in [1.54, 1.807) is 12.1 Å². The van der Waals surface area contributed by atoms with Crippen LogP contribution in [0.2, 0.25) is 0 Å². The van der Waals surface area contributed by atoms with Gasteiger partial charge < -0.3 is 5.32 Å². The molecule has 1 N–H and O–H groups in total. The van der Waals surface area contributed by atoms with Gasteiger partial charge in [0, 0.05) is 17.5 Å². The number of ketones is 1. The van der Waals surface area contributed by atoms with Gasteiger partial charge in [0.25, 0.3) is 0 Å². The molecule has 0 amide bonds. The molecule has 1 aliphatic heterocycles. The number of benzene rings is 1. The Hall–Kier alpha value is -1.22. The molecule has 3 heteroatoms. The fourth-order valence-electron chi connectivity index (χ4n) is 2.89. The molecular weight excluding hydrogens is 205 g/mol. The van der Waals surface area contributed by atoms with Crippen LogP contribution in [0.1, 0.15) is 28.8 Å². The molecule has 2 aliphatic rings. The Balaban J connectivity index is 1.94. The molecule has 1 heterocycles. The number of rotatable bonds is 1. The summed E-state index contributed by atoms with van der Waals surface area (Å²) in [6.45, 7) is 0.979. The zero-order valence-electron chi connectivity index (χ0n) is 9.00. The van der Waals surface area contributed by atoms with Crippen molar-refractivity contribution in [3.8, 4) is 0 Å². The smallest absolute Gasteiger partial charge is 0.168 e. The quantitative estimate of drug-likeness (QED) is 0.782. The highest BCUT2D eigenvalue weighted by molar-refractivity contribution is 6.02. The van der Waals surface area contributed by atoms with Crippen LogP contribution >= 0.6 is 0 Å². The second-order valence-electron chi connectivity index (χ2n) is 4.64. The first-order chi connectivity index (χ1) is 7.77. The molecule has 1 aliphatic carbocycles. The standard InChI is InChI=1S/C13H14FNO/c14-11-4-1-3-8-9(11)7-10(13(8)16)12-5-2-6-15-12/h1,3-4,10,12,15H,2,5-7H2. The van der Waals surface area contributed by atoms with Crippen LogP contribution < -0.4 is 5.32 Å². The lowest BCUT2D eigenvalue weighted by Crippen LogP contribution is -2.33. The van der Waals surface area contributed by atoms with Crippen molar-refractivity contribution in [3.05, 3.63) is 35.1 Å². The van der Waals surface area contributed by atoms with E-state index in [0.29, 0.717) is 17.5 Å². The summed E-state index contributed by atoms with van der Waals surface area (Å²) in [5.41, 5.74) is 1.21. The maximum atomic E-state index is 13.6. The van der Waals surface area contributed by atoms with E-state index < -0.39 is 0 Å². The summed E-state index contributed by atoms with van der Waals surface area (Å²) in [6.07, 6.45) is 2.72. The van der Waals surface area contributed by atoms with Crippen LogP contribution in [0.4, 0.5) is 4.39 Å². The molecular formula is C13H14FNO. The molecule has 0 spiro atoms. The lowest BCUT2D eigenvalue weighted by molar-refractivity contribution is 0.0914. The Morgan fingerprint density at radius 2 is 2.25 bits per heavy atom. The Morgan fingerprint density at radius 3 is 2.94 bits per heavy atom. The van der Waals surface area contributed by atoms with Crippen molar-refractivity contribution in [1.82, 2.24) is 5.32 Å². The van der Waals surface area contributed by atoms with Gasteiger partial charge in [-0.2, -0.15) is 0 Å². The van der Waals surface area contributed by atoms with Crippen molar-refractivity contribution in [2.45, 2.75) is 25.3 Å². The van der Waals surface area contributed by atoms with Crippen LogP contribution in [0.5, 0.6) is 0 Å². The zero-order valence-corrected chi connectivity index (χ0v) is 9.00. The molecule has 3 rings (SSSR count). The number of carbonyl (C=O) groups is 1. The molecule has 1 saturated heterocycles. The van der Waals surface area contributed by atoms with Crippen molar-refractivity contribution in [2.75, 3.05) is 6.54 Å². The molecule has 2 nitrogen and oxygen atoms in total. The number of carbonyl (C=O) groups excluding carboxylic acids is 1. The van der Waals surface area contributed by atoms with Gasteiger partial charge in [-0.1, -0.05) is 12.1 Å². The fourth-order valence-corrected chi connectivity index (χ4v) is 2.89. The Kier molecular flexibility index (Phi) is 2.28. The van der Waals surface area contributed by atoms with E-state index in [1.165, 1.54) is 6.07 Å². The molecule has 1 fully saturated rings. The monoisotopic (exact) mass is 219 g/mol. The van der Waals surface area contributed by atoms with Crippen LogP contribution in [0.3, 0.4) is 0 Å². The topological polar surface area (TPSA) is 29.1 Å². The third-order valence-corrected chi connectivity index (χ3v) is 3.73. The van der Waals surface area contributed by atoms with Crippen LogP contribution in [0.25, 0.3) is 0 Å². The lowest BCUT2D eigenvalue weighted by Gasteiger charge is -2.16. The minimum absolute atomic E-state index is 0.0469. The van der Waals surface area contributed by atoms with Gasteiger partial charge in [0.15, 0.2) is 5.78 Å². The Morgan fingerprint density at radius 1 is 1.38 bits per heavy atom. The molecule has 1 aromatic rings. The predicted octanol–water partition coefficient (Wildman–Crippen LogP) is 1.93. The minimum Gasteiger partial charge on any atom is -0.313 e. The van der Waals surface area contributed by atoms with Crippen molar-refractivity contribution < 1.29 is 9.18 Å². The summed E-state index contributed by atoms with van der Waals surface area (Å²) in [4.78, 5) is 12.1. The van der Waals surface area contributed by atoms with Crippen LogP contribution in [-0.2, 0) is 6.42 Å². The first-order valence-corrected chi connectivity index (χ1v) is 5.82. The molecule has 0 bridgehead atoms. The molecule has 84 valence electrons. The van der Waals surface area contributed by atoms with Crippen molar-refractivity contribution in [1.29, 1.82) is 0 Å². The van der Waals surface area contributed by atoms with E-state index in [1.807, 2.05) is 0 Å². The molecule has 1 aromatic carbocycles. The number of halogens is 1. The van der Waals surface area contributed by atoms with Gasteiger partial charge in [0.05, 0.1) is 0 Å². The van der Waals surface area contributed by atoms with E-state index in [2.05, 4.69) is 5.32 Å². The highest BCUT2D eigenvalue weighted by Crippen LogP contribution is 2.32. The van der Waals surface area contributed by atoms with Gasteiger partial charge in [-0.25, -0.2) is 4.39 Å². The zero-order chi connectivity index (χ0) is 11.1. The fraction of sp³-hybridized carbons (Fsp3) is 0.462. The average Bonchev–Trinajstić information content (AvgIpc) is 2.88. The van der Waals surface area contributed by atoms with E-state index >= 15 is 0 Å². The summed E-state index contributed by atoms with van der Waals surface area (Å²) in [5.74, 6) is -0.158. The molecule has 2 atom stereocenters. The SMILES string of the molecule is O=C1c2cccc(F)c2CC1C1CCCN1. The van der Waals surface area contributed by atoms with Gasteiger partial charge in [-0.05, 0) is 37.4 Å². The van der Waals surface area contributed by atoms with E-state index in [9.17, 15) is 9.18 Å². The minimum atomic E-state index is -0.230. The Labute approximate surface area is 93.9 Å². The third-order valence-electron chi connectivity index (χ3n) is 3.73. The maximum absolute atomic E-state index is 13.6. The highest BCUT2D eigenvalue weighted by atomic mass is 19.1.